The summed E-state index contributed by atoms with van der Waals surface area (Å²) < 4.78 is 27.6. The van der Waals surface area contributed by atoms with Crippen molar-refractivity contribution in [3.05, 3.63) is 35.6 Å². The second kappa shape index (κ2) is 5.36. The fourth-order valence-corrected chi connectivity index (χ4v) is 2.34. The van der Waals surface area contributed by atoms with Gasteiger partial charge in [0.05, 0.1) is 5.84 Å². The molecule has 7 heteroatoms. The number of alkyl halides is 2. The lowest BCUT2D eigenvalue weighted by Crippen LogP contribution is -2.44. The van der Waals surface area contributed by atoms with E-state index in [4.69, 9.17) is 22.4 Å². The lowest BCUT2D eigenvalue weighted by Gasteiger charge is -2.41. The number of carbonyl (C=O) groups is 1. The maximum absolute atomic E-state index is 14.5. The molecule has 0 radical (unpaired) electrons. The van der Waals surface area contributed by atoms with Gasteiger partial charge in [0.1, 0.15) is 11.5 Å². The molecule has 1 fully saturated rings. The Morgan fingerprint density at radius 1 is 1.55 bits per heavy atom. The first-order chi connectivity index (χ1) is 9.32. The van der Waals surface area contributed by atoms with E-state index in [0.29, 0.717) is 0 Å². The molecule has 0 aliphatic heterocycles. The van der Waals surface area contributed by atoms with Gasteiger partial charge in [-0.25, -0.2) is 18.6 Å². The average molecular weight is 303 g/mol. The Labute approximate surface area is 119 Å². The molecule has 3 N–H and O–H groups in total. The van der Waals surface area contributed by atoms with Gasteiger partial charge in [-0.3, -0.25) is 0 Å². The third-order valence-corrected chi connectivity index (χ3v) is 3.65. The summed E-state index contributed by atoms with van der Waals surface area (Å²) in [6.07, 6.45) is 0.0734. The first kappa shape index (κ1) is 14.7. The standard InChI is InChI=1S/C13H13ClF2N2O2/c14-10(12(19)20)18-11(17)7-5-13(16,6-7)8-2-1-3-9(15)4-8/h1-4,7,10H,5-6H2,(H2,17,18)(H,19,20). The number of benzene rings is 1. The fourth-order valence-electron chi connectivity index (χ4n) is 2.22. The predicted octanol–water partition coefficient (Wildman–Crippen LogP) is 2.41. The first-order valence-corrected chi connectivity index (χ1v) is 6.40. The largest absolute Gasteiger partial charge is 0.479 e. The van der Waals surface area contributed by atoms with Crippen molar-refractivity contribution in [1.82, 2.24) is 0 Å². The number of carboxylic acid groups (broad SMARTS) is 1. The SMILES string of the molecule is NC(=NC(Cl)C(=O)O)C1CC(F)(c2cccc(F)c2)C1. The number of hydrogen-bond donors (Lipinski definition) is 2. The molecule has 1 aliphatic rings. The average Bonchev–Trinajstić information content (AvgIpc) is 2.34. The molecule has 1 unspecified atom stereocenters. The van der Waals surface area contributed by atoms with Crippen molar-refractivity contribution in [3.63, 3.8) is 0 Å². The molecule has 108 valence electrons. The van der Waals surface area contributed by atoms with Crippen LogP contribution in [0.2, 0.25) is 0 Å². The van der Waals surface area contributed by atoms with Crippen LogP contribution in [0.1, 0.15) is 18.4 Å². The van der Waals surface area contributed by atoms with Crippen molar-refractivity contribution in [3.8, 4) is 0 Å². The summed E-state index contributed by atoms with van der Waals surface area (Å²) in [4.78, 5) is 14.1. The highest BCUT2D eigenvalue weighted by Gasteiger charge is 2.48. The van der Waals surface area contributed by atoms with Crippen LogP contribution in [0.3, 0.4) is 0 Å². The van der Waals surface area contributed by atoms with Gasteiger partial charge >= 0.3 is 5.97 Å². The quantitative estimate of drug-likeness (QED) is 0.388. The number of rotatable bonds is 4. The second-order valence-corrected chi connectivity index (χ2v) is 5.22. The van der Waals surface area contributed by atoms with Crippen molar-refractivity contribution in [2.24, 2.45) is 16.6 Å². The summed E-state index contributed by atoms with van der Waals surface area (Å²) in [5, 5.41) is 8.60. The van der Waals surface area contributed by atoms with Crippen molar-refractivity contribution in [2.45, 2.75) is 24.0 Å². The van der Waals surface area contributed by atoms with Gasteiger partial charge in [-0.2, -0.15) is 0 Å². The Bertz CT molecular complexity index is 559. The zero-order chi connectivity index (χ0) is 14.9. The number of carboxylic acids is 1. The zero-order valence-electron chi connectivity index (χ0n) is 10.4. The number of amidine groups is 1. The second-order valence-electron chi connectivity index (χ2n) is 4.81. The molecule has 1 aromatic rings. The highest BCUT2D eigenvalue weighted by Crippen LogP contribution is 2.49. The molecule has 20 heavy (non-hydrogen) atoms. The molecule has 2 rings (SSSR count). The van der Waals surface area contributed by atoms with E-state index in [2.05, 4.69) is 4.99 Å². The highest BCUT2D eigenvalue weighted by molar-refractivity contribution is 6.30. The van der Waals surface area contributed by atoms with Gasteiger partial charge < -0.3 is 10.8 Å². The van der Waals surface area contributed by atoms with Gasteiger partial charge in [-0.15, -0.1) is 0 Å². The normalized spacial score (nSPS) is 27.8. The molecular weight excluding hydrogens is 290 g/mol. The smallest absolute Gasteiger partial charge is 0.344 e. The van der Waals surface area contributed by atoms with Crippen molar-refractivity contribution >= 4 is 23.4 Å². The monoisotopic (exact) mass is 302 g/mol. The molecule has 0 spiro atoms. The van der Waals surface area contributed by atoms with E-state index < -0.39 is 23.0 Å². The Kier molecular flexibility index (Phi) is 3.94. The van der Waals surface area contributed by atoms with Crippen LogP contribution in [0.4, 0.5) is 8.78 Å². The van der Waals surface area contributed by atoms with Crippen LogP contribution in [0, 0.1) is 11.7 Å². The van der Waals surface area contributed by atoms with Gasteiger partial charge in [0, 0.05) is 5.92 Å². The van der Waals surface area contributed by atoms with Crippen LogP contribution in [0.25, 0.3) is 0 Å². The minimum Gasteiger partial charge on any atom is -0.479 e. The van der Waals surface area contributed by atoms with E-state index in [1.165, 1.54) is 18.2 Å². The molecule has 0 bridgehead atoms. The molecule has 0 amide bonds. The lowest BCUT2D eigenvalue weighted by molar-refractivity contribution is -0.136. The van der Waals surface area contributed by atoms with Crippen LogP contribution >= 0.6 is 11.6 Å². The maximum atomic E-state index is 14.5. The van der Waals surface area contributed by atoms with Gasteiger partial charge in [-0.05, 0) is 30.5 Å². The number of aliphatic imine (C=N–C) groups is 1. The van der Waals surface area contributed by atoms with E-state index >= 15 is 0 Å². The van der Waals surface area contributed by atoms with Crippen LogP contribution in [0.15, 0.2) is 29.3 Å². The Morgan fingerprint density at radius 3 is 2.75 bits per heavy atom. The van der Waals surface area contributed by atoms with Crippen LogP contribution < -0.4 is 5.73 Å². The fraction of sp³-hybridized carbons (Fsp3) is 0.385. The third-order valence-electron chi connectivity index (χ3n) is 3.37. The molecular formula is C13H13ClF2N2O2. The topological polar surface area (TPSA) is 75.7 Å². The molecule has 0 heterocycles. The summed E-state index contributed by atoms with van der Waals surface area (Å²) in [6, 6.07) is 5.33. The molecule has 0 saturated heterocycles. The molecule has 1 atom stereocenters. The Balaban J connectivity index is 2.05. The molecule has 1 aliphatic carbocycles. The van der Waals surface area contributed by atoms with E-state index in [-0.39, 0.29) is 30.2 Å². The van der Waals surface area contributed by atoms with E-state index in [9.17, 15) is 13.6 Å². The van der Waals surface area contributed by atoms with Crippen LogP contribution in [-0.4, -0.2) is 22.4 Å². The Morgan fingerprint density at radius 2 is 2.20 bits per heavy atom. The predicted molar refractivity (Wildman–Crippen MR) is 70.8 cm³/mol. The van der Waals surface area contributed by atoms with Gasteiger partial charge in [-0.1, -0.05) is 23.7 Å². The van der Waals surface area contributed by atoms with Crippen LogP contribution in [0.5, 0.6) is 0 Å². The molecule has 0 aromatic heterocycles. The number of aliphatic carboxylic acids is 1. The van der Waals surface area contributed by atoms with Crippen molar-refractivity contribution in [1.29, 1.82) is 0 Å². The zero-order valence-corrected chi connectivity index (χ0v) is 11.1. The van der Waals surface area contributed by atoms with Gasteiger partial charge in [0.15, 0.2) is 0 Å². The minimum atomic E-state index is -1.65. The van der Waals surface area contributed by atoms with Gasteiger partial charge in [0.2, 0.25) is 5.50 Å². The number of hydrogen-bond acceptors (Lipinski definition) is 2. The summed E-state index contributed by atoms with van der Waals surface area (Å²) >= 11 is 5.43. The molecule has 4 nitrogen and oxygen atoms in total. The number of nitrogens with two attached hydrogens (primary N) is 1. The summed E-state index contributed by atoms with van der Waals surface area (Å²) in [5.74, 6) is -2.19. The first-order valence-electron chi connectivity index (χ1n) is 5.97. The van der Waals surface area contributed by atoms with Crippen molar-refractivity contribution in [2.75, 3.05) is 0 Å². The minimum absolute atomic E-state index is 0.0112. The lowest BCUT2D eigenvalue weighted by atomic mass is 9.68. The van der Waals surface area contributed by atoms with Gasteiger partial charge in [0.25, 0.3) is 0 Å². The third kappa shape index (κ3) is 2.90. The summed E-state index contributed by atoms with van der Waals surface area (Å²) in [6.45, 7) is 0. The Hall–Kier alpha value is -1.69. The van der Waals surface area contributed by atoms with E-state index in [0.717, 1.165) is 6.07 Å². The molecule has 1 saturated carbocycles. The number of nitrogens with zero attached hydrogens (tertiary/aromatic N) is 1. The number of halogens is 3. The van der Waals surface area contributed by atoms with E-state index in [1.54, 1.807) is 0 Å². The molecule has 1 aromatic carbocycles. The van der Waals surface area contributed by atoms with Crippen molar-refractivity contribution < 1.29 is 18.7 Å². The summed E-state index contributed by atoms with van der Waals surface area (Å²) in [5.41, 5.74) is 2.73. The summed E-state index contributed by atoms with van der Waals surface area (Å²) in [7, 11) is 0. The van der Waals surface area contributed by atoms with Crippen LogP contribution in [-0.2, 0) is 10.5 Å². The van der Waals surface area contributed by atoms with E-state index in [1.807, 2.05) is 0 Å². The highest BCUT2D eigenvalue weighted by atomic mass is 35.5. The maximum Gasteiger partial charge on any atom is 0.344 e.